The minimum absolute atomic E-state index is 0.112. The first-order chi connectivity index (χ1) is 10.3. The molecule has 0 radical (unpaired) electrons. The zero-order chi connectivity index (χ0) is 16.3. The Morgan fingerprint density at radius 2 is 1.95 bits per heavy atom. The standard InChI is InChI=1S/C13H13F3N2O3S/c14-13(15,16)22-10-9(2-1-5-17-10)11(19)18-6-3-8(4-7-18)12(20)21/h1-2,5,8H,3-4,6-7H2,(H,20,21). The number of carboxylic acids is 1. The Labute approximate surface area is 128 Å². The number of piperidine rings is 1. The maximum atomic E-state index is 12.5. The van der Waals surface area contributed by atoms with Gasteiger partial charge in [-0.05, 0) is 25.0 Å². The Hall–Kier alpha value is -1.77. The number of pyridine rings is 1. The molecule has 5 nitrogen and oxygen atoms in total. The summed E-state index contributed by atoms with van der Waals surface area (Å²) in [6.45, 7) is 0.418. The van der Waals surface area contributed by atoms with Crippen molar-refractivity contribution in [1.29, 1.82) is 0 Å². The second-order valence-electron chi connectivity index (χ2n) is 4.81. The molecule has 2 heterocycles. The van der Waals surface area contributed by atoms with Crippen LogP contribution in [0.3, 0.4) is 0 Å². The Morgan fingerprint density at radius 3 is 2.50 bits per heavy atom. The summed E-state index contributed by atoms with van der Waals surface area (Å²) >= 11 is -0.428. The number of amides is 1. The second kappa shape index (κ2) is 6.55. The highest BCUT2D eigenvalue weighted by atomic mass is 32.2. The maximum Gasteiger partial charge on any atom is 0.447 e. The van der Waals surface area contributed by atoms with E-state index < -0.39 is 35.1 Å². The molecule has 0 aromatic carbocycles. The van der Waals surface area contributed by atoms with Crippen LogP contribution >= 0.6 is 11.8 Å². The van der Waals surface area contributed by atoms with Gasteiger partial charge >= 0.3 is 11.5 Å². The van der Waals surface area contributed by atoms with E-state index in [1.54, 1.807) is 0 Å². The average molecular weight is 334 g/mol. The molecule has 0 saturated carbocycles. The van der Waals surface area contributed by atoms with E-state index in [0.29, 0.717) is 12.8 Å². The summed E-state index contributed by atoms with van der Waals surface area (Å²) in [5.74, 6) is -1.98. The smallest absolute Gasteiger partial charge is 0.447 e. The number of carboxylic acid groups (broad SMARTS) is 1. The molecule has 2 rings (SSSR count). The number of carbonyl (C=O) groups excluding carboxylic acids is 1. The molecule has 1 saturated heterocycles. The van der Waals surface area contributed by atoms with Gasteiger partial charge in [-0.15, -0.1) is 0 Å². The van der Waals surface area contributed by atoms with Crippen LogP contribution in [-0.4, -0.2) is 45.5 Å². The van der Waals surface area contributed by atoms with Gasteiger partial charge in [0.2, 0.25) is 0 Å². The number of halogens is 3. The van der Waals surface area contributed by atoms with Gasteiger partial charge in [-0.1, -0.05) is 0 Å². The van der Waals surface area contributed by atoms with Crippen LogP contribution in [-0.2, 0) is 4.79 Å². The third kappa shape index (κ3) is 4.12. The summed E-state index contributed by atoms with van der Waals surface area (Å²) < 4.78 is 37.5. The quantitative estimate of drug-likeness (QED) is 0.861. The number of rotatable bonds is 3. The molecular formula is C13H13F3N2O3S. The van der Waals surface area contributed by atoms with Crippen LogP contribution in [0.25, 0.3) is 0 Å². The predicted octanol–water partition coefficient (Wildman–Crippen LogP) is 2.63. The van der Waals surface area contributed by atoms with Crippen molar-refractivity contribution in [2.45, 2.75) is 23.4 Å². The molecule has 0 aliphatic carbocycles. The second-order valence-corrected chi connectivity index (χ2v) is 5.86. The summed E-state index contributed by atoms with van der Waals surface area (Å²) in [6, 6.07) is 2.70. The van der Waals surface area contributed by atoms with E-state index in [1.165, 1.54) is 23.2 Å². The number of hydrogen-bond donors (Lipinski definition) is 1. The fourth-order valence-electron chi connectivity index (χ4n) is 2.24. The molecule has 1 N–H and O–H groups in total. The van der Waals surface area contributed by atoms with Gasteiger partial charge in [-0.25, -0.2) is 4.98 Å². The van der Waals surface area contributed by atoms with Crippen molar-refractivity contribution in [3.63, 3.8) is 0 Å². The van der Waals surface area contributed by atoms with Crippen LogP contribution < -0.4 is 0 Å². The van der Waals surface area contributed by atoms with Crippen LogP contribution in [0.5, 0.6) is 0 Å². The molecule has 22 heavy (non-hydrogen) atoms. The van der Waals surface area contributed by atoms with Crippen molar-refractivity contribution in [2.24, 2.45) is 5.92 Å². The van der Waals surface area contributed by atoms with Crippen LogP contribution in [0.15, 0.2) is 23.4 Å². The van der Waals surface area contributed by atoms with E-state index >= 15 is 0 Å². The number of thioether (sulfide) groups is 1. The van der Waals surface area contributed by atoms with E-state index in [0.717, 1.165) is 0 Å². The molecule has 0 spiro atoms. The summed E-state index contributed by atoms with van der Waals surface area (Å²) in [6.07, 6.45) is 1.79. The minimum Gasteiger partial charge on any atom is -0.481 e. The number of alkyl halides is 3. The normalized spacial score (nSPS) is 16.6. The van der Waals surface area contributed by atoms with E-state index in [-0.39, 0.29) is 23.7 Å². The van der Waals surface area contributed by atoms with Gasteiger partial charge < -0.3 is 10.0 Å². The maximum absolute atomic E-state index is 12.5. The Morgan fingerprint density at radius 1 is 1.32 bits per heavy atom. The summed E-state index contributed by atoms with van der Waals surface area (Å²) in [5.41, 5.74) is -4.64. The van der Waals surface area contributed by atoms with Crippen molar-refractivity contribution in [3.8, 4) is 0 Å². The zero-order valence-electron chi connectivity index (χ0n) is 11.3. The lowest BCUT2D eigenvalue weighted by molar-refractivity contribution is -0.143. The molecule has 1 amide bonds. The molecular weight excluding hydrogens is 321 g/mol. The predicted molar refractivity (Wildman–Crippen MR) is 72.4 cm³/mol. The van der Waals surface area contributed by atoms with Gasteiger partial charge in [0.15, 0.2) is 0 Å². The summed E-state index contributed by atoms with van der Waals surface area (Å²) in [7, 11) is 0. The lowest BCUT2D eigenvalue weighted by Gasteiger charge is -2.30. The molecule has 1 aliphatic heterocycles. The summed E-state index contributed by atoms with van der Waals surface area (Å²) in [5, 5.41) is 8.52. The molecule has 120 valence electrons. The first-order valence-electron chi connectivity index (χ1n) is 6.51. The van der Waals surface area contributed by atoms with Gasteiger partial charge in [0, 0.05) is 31.0 Å². The van der Waals surface area contributed by atoms with Crippen LogP contribution in [0, 0.1) is 5.92 Å². The van der Waals surface area contributed by atoms with Crippen LogP contribution in [0.1, 0.15) is 23.2 Å². The topological polar surface area (TPSA) is 70.5 Å². The molecule has 1 aromatic heterocycles. The fourth-order valence-corrected chi connectivity index (χ4v) is 2.84. The van der Waals surface area contributed by atoms with Gasteiger partial charge in [0.25, 0.3) is 5.91 Å². The van der Waals surface area contributed by atoms with E-state index in [1.807, 2.05) is 0 Å². The van der Waals surface area contributed by atoms with Crippen LogP contribution in [0.4, 0.5) is 13.2 Å². The first kappa shape index (κ1) is 16.6. The lowest BCUT2D eigenvalue weighted by atomic mass is 9.97. The van der Waals surface area contributed by atoms with Crippen molar-refractivity contribution in [2.75, 3.05) is 13.1 Å². The first-order valence-corrected chi connectivity index (χ1v) is 7.32. The van der Waals surface area contributed by atoms with Gasteiger partial charge in [-0.2, -0.15) is 13.2 Å². The van der Waals surface area contributed by atoms with Crippen molar-refractivity contribution in [1.82, 2.24) is 9.88 Å². The van der Waals surface area contributed by atoms with Crippen molar-refractivity contribution in [3.05, 3.63) is 23.9 Å². The number of likely N-dealkylation sites (tertiary alicyclic amines) is 1. The number of aliphatic carboxylic acids is 1. The lowest BCUT2D eigenvalue weighted by Crippen LogP contribution is -2.40. The molecule has 1 fully saturated rings. The number of carbonyl (C=O) groups is 2. The largest absolute Gasteiger partial charge is 0.481 e. The molecule has 0 atom stereocenters. The minimum atomic E-state index is -4.53. The van der Waals surface area contributed by atoms with Crippen LogP contribution in [0.2, 0.25) is 0 Å². The SMILES string of the molecule is O=C(O)C1CCN(C(=O)c2cccnc2SC(F)(F)F)CC1. The Kier molecular flexibility index (Phi) is 4.94. The third-order valence-corrected chi connectivity index (χ3v) is 4.10. The Bertz CT molecular complexity index is 572. The third-order valence-electron chi connectivity index (χ3n) is 3.35. The summed E-state index contributed by atoms with van der Waals surface area (Å²) in [4.78, 5) is 28.2. The average Bonchev–Trinajstić information content (AvgIpc) is 2.45. The molecule has 0 unspecified atom stereocenters. The molecule has 9 heteroatoms. The van der Waals surface area contributed by atoms with Gasteiger partial charge in [0.05, 0.1) is 11.5 Å². The van der Waals surface area contributed by atoms with Crippen molar-refractivity contribution < 1.29 is 27.9 Å². The number of nitrogens with zero attached hydrogens (tertiary/aromatic N) is 2. The van der Waals surface area contributed by atoms with E-state index in [4.69, 9.17) is 5.11 Å². The molecule has 1 aromatic rings. The van der Waals surface area contributed by atoms with Gasteiger partial charge in [0.1, 0.15) is 5.03 Å². The highest BCUT2D eigenvalue weighted by Crippen LogP contribution is 2.37. The number of aromatic nitrogens is 1. The van der Waals surface area contributed by atoms with E-state index in [9.17, 15) is 22.8 Å². The van der Waals surface area contributed by atoms with Crippen molar-refractivity contribution >= 4 is 23.6 Å². The van der Waals surface area contributed by atoms with E-state index in [2.05, 4.69) is 4.98 Å². The molecule has 0 bridgehead atoms. The zero-order valence-corrected chi connectivity index (χ0v) is 12.2. The highest BCUT2D eigenvalue weighted by Gasteiger charge is 2.34. The fraction of sp³-hybridized carbons (Fsp3) is 0.462. The Balaban J connectivity index is 2.12. The number of hydrogen-bond acceptors (Lipinski definition) is 4. The van der Waals surface area contributed by atoms with Gasteiger partial charge in [-0.3, -0.25) is 9.59 Å². The molecule has 1 aliphatic rings. The monoisotopic (exact) mass is 334 g/mol. The highest BCUT2D eigenvalue weighted by molar-refractivity contribution is 8.00.